The zero-order chi connectivity index (χ0) is 23.1. The summed E-state index contributed by atoms with van der Waals surface area (Å²) < 4.78 is 26.1. The van der Waals surface area contributed by atoms with Gasteiger partial charge in [0.1, 0.15) is 0 Å². The number of sulfonamides is 1. The van der Waals surface area contributed by atoms with Gasteiger partial charge in [-0.3, -0.25) is 9.10 Å². The van der Waals surface area contributed by atoms with E-state index in [4.69, 9.17) is 0 Å². The first-order chi connectivity index (χ1) is 15.3. The Hall–Kier alpha value is -3.12. The summed E-state index contributed by atoms with van der Waals surface area (Å²) in [6.45, 7) is 4.16. The van der Waals surface area contributed by atoms with Gasteiger partial charge in [0, 0.05) is 13.0 Å². The predicted molar refractivity (Wildman–Crippen MR) is 130 cm³/mol. The Labute approximate surface area is 191 Å². The molecular weight excluding hydrogens is 420 g/mol. The van der Waals surface area contributed by atoms with E-state index in [9.17, 15) is 13.2 Å². The zero-order valence-corrected chi connectivity index (χ0v) is 19.6. The Morgan fingerprint density at radius 2 is 1.47 bits per heavy atom. The van der Waals surface area contributed by atoms with E-state index in [1.54, 1.807) is 6.07 Å². The molecule has 32 heavy (non-hydrogen) atoms. The monoisotopic (exact) mass is 450 g/mol. The van der Waals surface area contributed by atoms with Crippen molar-refractivity contribution in [1.82, 2.24) is 5.32 Å². The van der Waals surface area contributed by atoms with Crippen LogP contribution in [0.2, 0.25) is 0 Å². The summed E-state index contributed by atoms with van der Waals surface area (Å²) in [5.74, 6) is -0.111. The van der Waals surface area contributed by atoms with Crippen molar-refractivity contribution in [2.45, 2.75) is 32.7 Å². The summed E-state index contributed by atoms with van der Waals surface area (Å²) in [6.07, 6.45) is 1.85. The third-order valence-electron chi connectivity index (χ3n) is 5.49. The molecular formula is C26H30N2O3S. The van der Waals surface area contributed by atoms with Crippen molar-refractivity contribution < 1.29 is 13.2 Å². The molecule has 0 heterocycles. The van der Waals surface area contributed by atoms with E-state index < -0.39 is 10.0 Å². The Morgan fingerprint density at radius 3 is 2.09 bits per heavy atom. The summed E-state index contributed by atoms with van der Waals surface area (Å²) in [6, 6.07) is 25.0. The number of amides is 1. The molecule has 0 saturated carbocycles. The number of carbonyl (C=O) groups is 1. The van der Waals surface area contributed by atoms with Crippen LogP contribution in [-0.4, -0.2) is 27.1 Å². The normalized spacial score (nSPS) is 12.2. The maximum Gasteiger partial charge on any atom is 0.232 e. The van der Waals surface area contributed by atoms with Crippen LogP contribution in [0, 0.1) is 13.8 Å². The molecule has 1 amide bonds. The molecule has 0 aliphatic heterocycles. The van der Waals surface area contributed by atoms with Crippen LogP contribution in [0.15, 0.2) is 78.9 Å². The topological polar surface area (TPSA) is 66.5 Å². The number of nitrogens with one attached hydrogen (secondary N) is 1. The number of aryl methyl sites for hydroxylation is 2. The van der Waals surface area contributed by atoms with Gasteiger partial charge < -0.3 is 5.32 Å². The maximum absolute atomic E-state index is 12.9. The van der Waals surface area contributed by atoms with Crippen molar-refractivity contribution in [2.24, 2.45) is 0 Å². The summed E-state index contributed by atoms with van der Waals surface area (Å²) in [5, 5.41) is 3.15. The minimum atomic E-state index is -3.45. The van der Waals surface area contributed by atoms with Crippen molar-refractivity contribution in [3.05, 3.63) is 101 Å². The highest BCUT2D eigenvalue weighted by Gasteiger charge is 2.21. The molecule has 0 spiro atoms. The van der Waals surface area contributed by atoms with Gasteiger partial charge in [0.25, 0.3) is 0 Å². The first kappa shape index (κ1) is 23.5. The first-order valence-electron chi connectivity index (χ1n) is 10.7. The van der Waals surface area contributed by atoms with Gasteiger partial charge in [-0.2, -0.15) is 0 Å². The van der Waals surface area contributed by atoms with E-state index in [0.717, 1.165) is 22.3 Å². The highest BCUT2D eigenvalue weighted by atomic mass is 32.2. The van der Waals surface area contributed by atoms with Gasteiger partial charge >= 0.3 is 0 Å². The second-order valence-electron chi connectivity index (χ2n) is 7.99. The Kier molecular flexibility index (Phi) is 7.70. The SMILES string of the molecule is Cc1ccccc1C(NC(=O)CCCN(c1ccccc1C)S(C)(=O)=O)c1ccccc1. The minimum absolute atomic E-state index is 0.111. The van der Waals surface area contributed by atoms with E-state index in [1.807, 2.05) is 86.6 Å². The number of carbonyl (C=O) groups excluding carboxylic acids is 1. The second kappa shape index (κ2) is 10.5. The lowest BCUT2D eigenvalue weighted by Gasteiger charge is -2.25. The van der Waals surface area contributed by atoms with Crippen LogP contribution in [0.3, 0.4) is 0 Å². The molecule has 3 rings (SSSR count). The first-order valence-corrected chi connectivity index (χ1v) is 12.6. The molecule has 0 bridgehead atoms. The molecule has 0 saturated heterocycles. The van der Waals surface area contributed by atoms with E-state index in [0.29, 0.717) is 12.1 Å². The lowest BCUT2D eigenvalue weighted by atomic mass is 9.95. The molecule has 1 N–H and O–H groups in total. The van der Waals surface area contributed by atoms with Crippen molar-refractivity contribution in [3.8, 4) is 0 Å². The van der Waals surface area contributed by atoms with Crippen LogP contribution in [-0.2, 0) is 14.8 Å². The molecule has 168 valence electrons. The fourth-order valence-electron chi connectivity index (χ4n) is 3.82. The van der Waals surface area contributed by atoms with Gasteiger partial charge in [-0.1, -0.05) is 72.8 Å². The number of hydrogen-bond donors (Lipinski definition) is 1. The number of para-hydroxylation sites is 1. The van der Waals surface area contributed by atoms with Crippen LogP contribution in [0.1, 0.15) is 41.1 Å². The Balaban J connectivity index is 1.71. The lowest BCUT2D eigenvalue weighted by molar-refractivity contribution is -0.121. The zero-order valence-electron chi connectivity index (χ0n) is 18.8. The summed E-state index contributed by atoms with van der Waals surface area (Å²) in [5.41, 5.74) is 4.69. The molecule has 3 aromatic rings. The third-order valence-corrected chi connectivity index (χ3v) is 6.67. The van der Waals surface area contributed by atoms with Crippen molar-refractivity contribution >= 4 is 21.6 Å². The maximum atomic E-state index is 12.9. The molecule has 0 fully saturated rings. The molecule has 0 aromatic heterocycles. The third kappa shape index (κ3) is 5.98. The van der Waals surface area contributed by atoms with Gasteiger partial charge in [0.15, 0.2) is 0 Å². The van der Waals surface area contributed by atoms with E-state index >= 15 is 0 Å². The molecule has 3 aromatic carbocycles. The van der Waals surface area contributed by atoms with Gasteiger partial charge in [0.05, 0.1) is 18.0 Å². The van der Waals surface area contributed by atoms with Crippen molar-refractivity contribution in [3.63, 3.8) is 0 Å². The summed E-state index contributed by atoms with van der Waals surface area (Å²) >= 11 is 0. The number of rotatable bonds is 9. The standard InChI is InChI=1S/C26H30N2O3S/c1-20-12-7-9-16-23(20)26(22-14-5-4-6-15-22)27-25(29)18-11-19-28(32(3,30)31)24-17-10-8-13-21(24)2/h4-10,12-17,26H,11,18-19H2,1-3H3,(H,27,29). The minimum Gasteiger partial charge on any atom is -0.345 e. The highest BCUT2D eigenvalue weighted by molar-refractivity contribution is 7.92. The lowest BCUT2D eigenvalue weighted by Crippen LogP contribution is -2.33. The van der Waals surface area contributed by atoms with E-state index in [-0.39, 0.29) is 24.9 Å². The quantitative estimate of drug-likeness (QED) is 0.511. The van der Waals surface area contributed by atoms with Crippen molar-refractivity contribution in [1.29, 1.82) is 0 Å². The Morgan fingerprint density at radius 1 is 0.875 bits per heavy atom. The average molecular weight is 451 g/mol. The molecule has 0 aliphatic carbocycles. The second-order valence-corrected chi connectivity index (χ2v) is 9.90. The largest absolute Gasteiger partial charge is 0.345 e. The molecule has 0 radical (unpaired) electrons. The molecule has 5 nitrogen and oxygen atoms in total. The van der Waals surface area contributed by atoms with Crippen LogP contribution in [0.4, 0.5) is 5.69 Å². The number of benzene rings is 3. The van der Waals surface area contributed by atoms with Crippen LogP contribution < -0.4 is 9.62 Å². The predicted octanol–water partition coefficient (Wildman–Crippen LogP) is 4.76. The van der Waals surface area contributed by atoms with E-state index in [1.165, 1.54) is 10.6 Å². The molecule has 1 atom stereocenters. The fraction of sp³-hybridized carbons (Fsp3) is 0.269. The van der Waals surface area contributed by atoms with Crippen LogP contribution in [0.25, 0.3) is 0 Å². The highest BCUT2D eigenvalue weighted by Crippen LogP contribution is 2.25. The number of nitrogens with zero attached hydrogens (tertiary/aromatic N) is 1. The molecule has 0 aliphatic rings. The number of anilines is 1. The van der Waals surface area contributed by atoms with Gasteiger partial charge in [-0.25, -0.2) is 8.42 Å². The van der Waals surface area contributed by atoms with Gasteiger partial charge in [0.2, 0.25) is 15.9 Å². The number of hydrogen-bond acceptors (Lipinski definition) is 3. The Bertz CT molecular complexity index is 1160. The van der Waals surface area contributed by atoms with Gasteiger partial charge in [-0.15, -0.1) is 0 Å². The van der Waals surface area contributed by atoms with Gasteiger partial charge in [-0.05, 0) is 48.6 Å². The van der Waals surface area contributed by atoms with E-state index in [2.05, 4.69) is 5.32 Å². The van der Waals surface area contributed by atoms with Crippen molar-refractivity contribution in [2.75, 3.05) is 17.1 Å². The molecule has 1 unspecified atom stereocenters. The average Bonchev–Trinajstić information content (AvgIpc) is 2.76. The van der Waals surface area contributed by atoms with Crippen LogP contribution >= 0.6 is 0 Å². The summed E-state index contributed by atoms with van der Waals surface area (Å²) in [4.78, 5) is 12.9. The molecule has 6 heteroatoms. The summed E-state index contributed by atoms with van der Waals surface area (Å²) in [7, 11) is -3.45. The van der Waals surface area contributed by atoms with Crippen LogP contribution in [0.5, 0.6) is 0 Å². The smallest absolute Gasteiger partial charge is 0.232 e. The fourth-order valence-corrected chi connectivity index (χ4v) is 4.84.